The standard InChI is InChI=1S/C13H15NO2/c1-10(9-14)3-8-13(15)11-4-6-12(16-2)7-5-11/h3-7,13,15H,8H2,1-2H3/b10-3+/t13-/m1/s1. The summed E-state index contributed by atoms with van der Waals surface area (Å²) in [4.78, 5) is 0. The highest BCUT2D eigenvalue weighted by molar-refractivity contribution is 5.29. The van der Waals surface area contributed by atoms with Crippen LogP contribution in [0, 0.1) is 11.3 Å². The number of rotatable bonds is 4. The van der Waals surface area contributed by atoms with Gasteiger partial charge in [-0.15, -0.1) is 0 Å². The molecular formula is C13H15NO2. The van der Waals surface area contributed by atoms with E-state index in [0.717, 1.165) is 11.3 Å². The van der Waals surface area contributed by atoms with Crippen molar-refractivity contribution in [2.75, 3.05) is 7.11 Å². The van der Waals surface area contributed by atoms with E-state index in [2.05, 4.69) is 0 Å². The van der Waals surface area contributed by atoms with Crippen molar-refractivity contribution in [3.05, 3.63) is 41.5 Å². The lowest BCUT2D eigenvalue weighted by molar-refractivity contribution is 0.181. The minimum Gasteiger partial charge on any atom is -0.497 e. The molecule has 0 saturated carbocycles. The number of nitriles is 1. The highest BCUT2D eigenvalue weighted by Gasteiger charge is 2.05. The lowest BCUT2D eigenvalue weighted by atomic mass is 10.1. The molecule has 1 aromatic carbocycles. The third kappa shape index (κ3) is 3.41. The van der Waals surface area contributed by atoms with Gasteiger partial charge in [-0.3, -0.25) is 0 Å². The summed E-state index contributed by atoms with van der Waals surface area (Å²) in [7, 11) is 1.60. The third-order valence-corrected chi connectivity index (χ3v) is 2.32. The topological polar surface area (TPSA) is 53.2 Å². The molecule has 0 unspecified atom stereocenters. The van der Waals surface area contributed by atoms with Crippen LogP contribution in [0.25, 0.3) is 0 Å². The fourth-order valence-corrected chi connectivity index (χ4v) is 1.30. The summed E-state index contributed by atoms with van der Waals surface area (Å²) in [6.45, 7) is 1.72. The van der Waals surface area contributed by atoms with Crippen molar-refractivity contribution in [1.82, 2.24) is 0 Å². The fourth-order valence-electron chi connectivity index (χ4n) is 1.30. The quantitative estimate of drug-likeness (QED) is 0.789. The first-order chi connectivity index (χ1) is 7.67. The van der Waals surface area contributed by atoms with Crippen LogP contribution in [0.3, 0.4) is 0 Å². The monoisotopic (exact) mass is 217 g/mol. The van der Waals surface area contributed by atoms with Crippen LogP contribution >= 0.6 is 0 Å². The first-order valence-electron chi connectivity index (χ1n) is 5.06. The highest BCUT2D eigenvalue weighted by Crippen LogP contribution is 2.20. The highest BCUT2D eigenvalue weighted by atomic mass is 16.5. The molecule has 0 amide bonds. The Labute approximate surface area is 95.6 Å². The van der Waals surface area contributed by atoms with Crippen LogP contribution in [0.4, 0.5) is 0 Å². The Hall–Kier alpha value is -1.79. The number of ether oxygens (including phenoxy) is 1. The molecule has 0 fully saturated rings. The minimum absolute atomic E-state index is 0.450. The van der Waals surface area contributed by atoms with E-state index < -0.39 is 6.10 Å². The van der Waals surface area contributed by atoms with Crippen LogP contribution in [0.5, 0.6) is 5.75 Å². The Kier molecular flexibility index (Phi) is 4.56. The molecular weight excluding hydrogens is 202 g/mol. The molecule has 1 aromatic rings. The molecule has 84 valence electrons. The van der Waals surface area contributed by atoms with Crippen LogP contribution in [0.2, 0.25) is 0 Å². The van der Waals surface area contributed by atoms with Crippen LogP contribution in [-0.2, 0) is 0 Å². The van der Waals surface area contributed by atoms with Gasteiger partial charge in [0.1, 0.15) is 5.75 Å². The van der Waals surface area contributed by atoms with E-state index in [1.807, 2.05) is 18.2 Å². The number of allylic oxidation sites excluding steroid dienone is 1. The molecule has 0 aliphatic rings. The summed E-state index contributed by atoms with van der Waals surface area (Å²) in [6.07, 6.45) is 1.61. The van der Waals surface area contributed by atoms with E-state index in [1.165, 1.54) is 0 Å². The molecule has 0 bridgehead atoms. The Morgan fingerprint density at radius 1 is 1.50 bits per heavy atom. The second-order valence-corrected chi connectivity index (χ2v) is 3.52. The second-order valence-electron chi connectivity index (χ2n) is 3.52. The van der Waals surface area contributed by atoms with Crippen molar-refractivity contribution in [2.24, 2.45) is 0 Å². The van der Waals surface area contributed by atoms with Gasteiger partial charge >= 0.3 is 0 Å². The maximum atomic E-state index is 9.83. The van der Waals surface area contributed by atoms with E-state index in [1.54, 1.807) is 32.2 Å². The lowest BCUT2D eigenvalue weighted by Gasteiger charge is -2.09. The average molecular weight is 217 g/mol. The van der Waals surface area contributed by atoms with Crippen molar-refractivity contribution in [3.63, 3.8) is 0 Å². The zero-order valence-corrected chi connectivity index (χ0v) is 9.47. The summed E-state index contributed by atoms with van der Waals surface area (Å²) in [6, 6.07) is 9.27. The summed E-state index contributed by atoms with van der Waals surface area (Å²) in [5.74, 6) is 0.764. The number of hydrogen-bond acceptors (Lipinski definition) is 3. The summed E-state index contributed by atoms with van der Waals surface area (Å²) < 4.78 is 5.03. The summed E-state index contributed by atoms with van der Waals surface area (Å²) >= 11 is 0. The molecule has 0 spiro atoms. The normalized spacial score (nSPS) is 13.0. The van der Waals surface area contributed by atoms with Crippen LogP contribution < -0.4 is 4.74 Å². The molecule has 1 rings (SSSR count). The van der Waals surface area contributed by atoms with Crippen molar-refractivity contribution < 1.29 is 9.84 Å². The molecule has 16 heavy (non-hydrogen) atoms. The molecule has 0 aliphatic carbocycles. The van der Waals surface area contributed by atoms with Crippen molar-refractivity contribution in [3.8, 4) is 11.8 Å². The molecule has 3 heteroatoms. The first-order valence-corrected chi connectivity index (χ1v) is 5.06. The van der Waals surface area contributed by atoms with Crippen LogP contribution in [0.1, 0.15) is 25.0 Å². The van der Waals surface area contributed by atoms with Crippen LogP contribution in [-0.4, -0.2) is 12.2 Å². The van der Waals surface area contributed by atoms with Gasteiger partial charge in [0.25, 0.3) is 0 Å². The number of hydrogen-bond donors (Lipinski definition) is 1. The van der Waals surface area contributed by atoms with Gasteiger partial charge in [0.15, 0.2) is 0 Å². The average Bonchev–Trinajstić information content (AvgIpc) is 2.35. The van der Waals surface area contributed by atoms with E-state index >= 15 is 0 Å². The van der Waals surface area contributed by atoms with Crippen molar-refractivity contribution in [2.45, 2.75) is 19.4 Å². The van der Waals surface area contributed by atoms with Gasteiger partial charge in [-0.2, -0.15) is 5.26 Å². The number of aliphatic hydroxyl groups is 1. The Bertz CT molecular complexity index is 401. The maximum absolute atomic E-state index is 9.83. The Morgan fingerprint density at radius 3 is 2.62 bits per heavy atom. The van der Waals surface area contributed by atoms with E-state index in [4.69, 9.17) is 10.00 Å². The van der Waals surface area contributed by atoms with Gasteiger partial charge in [0.2, 0.25) is 0 Å². The molecule has 0 saturated heterocycles. The minimum atomic E-state index is -0.575. The Morgan fingerprint density at radius 2 is 2.12 bits per heavy atom. The van der Waals surface area contributed by atoms with Crippen LogP contribution in [0.15, 0.2) is 35.9 Å². The predicted molar refractivity (Wildman–Crippen MR) is 61.9 cm³/mol. The van der Waals surface area contributed by atoms with E-state index in [9.17, 15) is 5.11 Å². The van der Waals surface area contributed by atoms with Gasteiger partial charge in [-0.05, 0) is 31.0 Å². The first kappa shape index (κ1) is 12.3. The van der Waals surface area contributed by atoms with E-state index in [-0.39, 0.29) is 0 Å². The number of aliphatic hydroxyl groups excluding tert-OH is 1. The van der Waals surface area contributed by atoms with Gasteiger partial charge in [0.05, 0.1) is 19.3 Å². The van der Waals surface area contributed by atoms with E-state index in [0.29, 0.717) is 12.0 Å². The predicted octanol–water partition coefficient (Wildman–Crippen LogP) is 2.59. The zero-order chi connectivity index (χ0) is 12.0. The largest absolute Gasteiger partial charge is 0.497 e. The number of methoxy groups -OCH3 is 1. The molecule has 0 aromatic heterocycles. The van der Waals surface area contributed by atoms with Crippen molar-refractivity contribution >= 4 is 0 Å². The van der Waals surface area contributed by atoms with Gasteiger partial charge < -0.3 is 9.84 Å². The number of benzene rings is 1. The lowest BCUT2D eigenvalue weighted by Crippen LogP contribution is -1.96. The fraction of sp³-hybridized carbons (Fsp3) is 0.308. The third-order valence-electron chi connectivity index (χ3n) is 2.32. The second kappa shape index (κ2) is 5.94. The molecule has 1 atom stereocenters. The molecule has 0 radical (unpaired) electrons. The maximum Gasteiger partial charge on any atom is 0.118 e. The number of nitrogens with zero attached hydrogens (tertiary/aromatic N) is 1. The zero-order valence-electron chi connectivity index (χ0n) is 9.47. The summed E-state index contributed by atoms with van der Waals surface area (Å²) in [5.41, 5.74) is 1.44. The molecule has 1 N–H and O–H groups in total. The van der Waals surface area contributed by atoms with Gasteiger partial charge in [-0.25, -0.2) is 0 Å². The molecule has 0 heterocycles. The molecule has 0 aliphatic heterocycles. The van der Waals surface area contributed by atoms with Crippen molar-refractivity contribution in [1.29, 1.82) is 5.26 Å². The van der Waals surface area contributed by atoms with Gasteiger partial charge in [-0.1, -0.05) is 18.2 Å². The molecule has 3 nitrogen and oxygen atoms in total. The Balaban J connectivity index is 2.66. The SMILES string of the molecule is COc1ccc([C@H](O)C/C=C(\C)C#N)cc1. The van der Waals surface area contributed by atoms with Gasteiger partial charge in [0, 0.05) is 5.57 Å². The summed E-state index contributed by atoms with van der Waals surface area (Å²) in [5, 5.41) is 18.4. The smallest absolute Gasteiger partial charge is 0.118 e.